The number of hydrogen-bond donors (Lipinski definition) is 2. The number of imidazole rings is 1. The van der Waals surface area contributed by atoms with Crippen molar-refractivity contribution >= 4 is 46.0 Å². The lowest BCUT2D eigenvalue weighted by atomic mass is 9.81. The molecule has 0 aliphatic heterocycles. The molecule has 0 fully saturated rings. The van der Waals surface area contributed by atoms with Gasteiger partial charge in [0.15, 0.2) is 0 Å². The molecule has 0 saturated heterocycles. The summed E-state index contributed by atoms with van der Waals surface area (Å²) in [5.74, 6) is 0.936. The molecular formula is C28H29Cl2N3O2. The standard InChI is InChI=1S/C28H29Cl2N3O2/c1-27(2,3)16-10-12-18(28(4,5)6)22(14-16)33-26(34)35-17-11-13-21-23(15-17)32-25(31-21)24-19(29)8-7-9-20(24)30/h7-15H,1-6H3,(H,31,32)(H,33,34). The number of H-pyrrole nitrogens is 1. The molecule has 0 unspecified atom stereocenters. The molecule has 0 saturated carbocycles. The van der Waals surface area contributed by atoms with E-state index >= 15 is 0 Å². The number of ether oxygens (including phenoxy) is 1. The average molecular weight is 510 g/mol. The molecule has 4 aromatic rings. The predicted octanol–water partition coefficient (Wildman–Crippen LogP) is 8.74. The highest BCUT2D eigenvalue weighted by Gasteiger charge is 2.23. The van der Waals surface area contributed by atoms with Gasteiger partial charge in [-0.15, -0.1) is 0 Å². The predicted molar refractivity (Wildman–Crippen MR) is 145 cm³/mol. The van der Waals surface area contributed by atoms with Gasteiger partial charge >= 0.3 is 6.09 Å². The fourth-order valence-electron chi connectivity index (χ4n) is 3.91. The number of aromatic nitrogens is 2. The molecule has 2 N–H and O–H groups in total. The van der Waals surface area contributed by atoms with Gasteiger partial charge in [-0.25, -0.2) is 9.78 Å². The Kier molecular flexibility index (Phi) is 6.60. The van der Waals surface area contributed by atoms with Crippen LogP contribution in [-0.4, -0.2) is 16.1 Å². The maximum Gasteiger partial charge on any atom is 0.417 e. The number of halogens is 2. The van der Waals surface area contributed by atoms with E-state index in [0.717, 1.165) is 16.8 Å². The smallest absolute Gasteiger partial charge is 0.410 e. The average Bonchev–Trinajstić information content (AvgIpc) is 3.14. The second-order valence-corrected chi connectivity index (χ2v) is 11.5. The van der Waals surface area contributed by atoms with Gasteiger partial charge in [-0.1, -0.05) is 82.9 Å². The minimum Gasteiger partial charge on any atom is -0.410 e. The van der Waals surface area contributed by atoms with Crippen LogP contribution in [0.25, 0.3) is 22.4 Å². The molecule has 0 aliphatic rings. The SMILES string of the molecule is CC(C)(C)c1ccc(C(C)(C)C)c(NC(=O)Oc2ccc3nc(-c4c(Cl)cccc4Cl)[nH]c3c2)c1. The number of hydrogen-bond acceptors (Lipinski definition) is 3. The minimum atomic E-state index is -0.560. The van der Waals surface area contributed by atoms with E-state index in [1.54, 1.807) is 36.4 Å². The van der Waals surface area contributed by atoms with Crippen molar-refractivity contribution in [3.8, 4) is 17.1 Å². The van der Waals surface area contributed by atoms with Gasteiger partial charge in [0.1, 0.15) is 11.6 Å². The van der Waals surface area contributed by atoms with Crippen molar-refractivity contribution in [2.45, 2.75) is 52.4 Å². The van der Waals surface area contributed by atoms with Crippen molar-refractivity contribution < 1.29 is 9.53 Å². The number of carbonyl (C=O) groups is 1. The summed E-state index contributed by atoms with van der Waals surface area (Å²) in [6.07, 6.45) is -0.560. The first-order chi connectivity index (χ1) is 16.3. The Morgan fingerprint density at radius 3 is 2.23 bits per heavy atom. The van der Waals surface area contributed by atoms with Crippen molar-refractivity contribution in [2.75, 3.05) is 5.32 Å². The zero-order chi connectivity index (χ0) is 25.5. The number of nitrogens with one attached hydrogen (secondary N) is 2. The molecule has 0 bridgehead atoms. The summed E-state index contributed by atoms with van der Waals surface area (Å²) in [5.41, 5.74) is 4.74. The highest BCUT2D eigenvalue weighted by Crippen LogP contribution is 2.35. The third-order valence-electron chi connectivity index (χ3n) is 5.79. The molecule has 1 heterocycles. The van der Waals surface area contributed by atoms with Crippen LogP contribution in [0, 0.1) is 0 Å². The molecule has 7 heteroatoms. The summed E-state index contributed by atoms with van der Waals surface area (Å²) < 4.78 is 5.63. The highest BCUT2D eigenvalue weighted by molar-refractivity contribution is 6.39. The Labute approximate surface area is 215 Å². The van der Waals surface area contributed by atoms with Crippen LogP contribution in [0.1, 0.15) is 52.7 Å². The van der Waals surface area contributed by atoms with Crippen molar-refractivity contribution in [3.05, 3.63) is 75.8 Å². The summed E-state index contributed by atoms with van der Waals surface area (Å²) in [6, 6.07) is 16.7. The summed E-state index contributed by atoms with van der Waals surface area (Å²) in [6.45, 7) is 12.8. The van der Waals surface area contributed by atoms with Crippen LogP contribution >= 0.6 is 23.2 Å². The van der Waals surface area contributed by atoms with Crippen LogP contribution in [0.15, 0.2) is 54.6 Å². The third-order valence-corrected chi connectivity index (χ3v) is 6.42. The van der Waals surface area contributed by atoms with Gasteiger partial charge in [-0.3, -0.25) is 5.32 Å². The molecule has 5 nitrogen and oxygen atoms in total. The van der Waals surface area contributed by atoms with Crippen LogP contribution in [-0.2, 0) is 10.8 Å². The van der Waals surface area contributed by atoms with E-state index in [0.29, 0.717) is 38.2 Å². The first kappa shape index (κ1) is 25.1. The van der Waals surface area contributed by atoms with Gasteiger partial charge in [0.2, 0.25) is 0 Å². The van der Waals surface area contributed by atoms with E-state index in [4.69, 9.17) is 27.9 Å². The number of amides is 1. The molecule has 1 amide bonds. The Balaban J connectivity index is 1.60. The van der Waals surface area contributed by atoms with E-state index in [1.165, 1.54) is 0 Å². The number of nitrogens with zero attached hydrogens (tertiary/aromatic N) is 1. The fourth-order valence-corrected chi connectivity index (χ4v) is 4.48. The maximum absolute atomic E-state index is 12.9. The van der Waals surface area contributed by atoms with Gasteiger partial charge < -0.3 is 9.72 Å². The van der Waals surface area contributed by atoms with E-state index in [1.807, 2.05) is 6.07 Å². The summed E-state index contributed by atoms with van der Waals surface area (Å²) in [5, 5.41) is 3.95. The third kappa shape index (κ3) is 5.47. The molecule has 182 valence electrons. The number of benzene rings is 3. The number of rotatable bonds is 3. The Hall–Kier alpha value is -3.02. The molecule has 0 spiro atoms. The van der Waals surface area contributed by atoms with Crippen molar-refractivity contribution in [1.82, 2.24) is 9.97 Å². The minimum absolute atomic E-state index is 0.0509. The molecule has 3 aromatic carbocycles. The largest absolute Gasteiger partial charge is 0.417 e. The van der Waals surface area contributed by atoms with E-state index in [2.05, 4.69) is 69.0 Å². The van der Waals surface area contributed by atoms with E-state index < -0.39 is 6.09 Å². The molecule has 0 atom stereocenters. The molecule has 1 aromatic heterocycles. The summed E-state index contributed by atoms with van der Waals surface area (Å²) in [7, 11) is 0. The van der Waals surface area contributed by atoms with Gasteiger partial charge in [0.25, 0.3) is 0 Å². The van der Waals surface area contributed by atoms with Gasteiger partial charge in [0.05, 0.1) is 26.6 Å². The zero-order valence-corrected chi connectivity index (χ0v) is 22.2. The monoisotopic (exact) mass is 509 g/mol. The maximum atomic E-state index is 12.9. The number of fused-ring (bicyclic) bond motifs is 1. The lowest BCUT2D eigenvalue weighted by Crippen LogP contribution is -2.22. The first-order valence-corrected chi connectivity index (χ1v) is 12.2. The molecular weight excluding hydrogens is 481 g/mol. The normalized spacial score (nSPS) is 12.1. The number of aromatic amines is 1. The van der Waals surface area contributed by atoms with E-state index in [-0.39, 0.29) is 10.8 Å². The zero-order valence-electron chi connectivity index (χ0n) is 20.7. The van der Waals surface area contributed by atoms with Crippen LogP contribution in [0.2, 0.25) is 10.0 Å². The van der Waals surface area contributed by atoms with Crippen LogP contribution in [0.3, 0.4) is 0 Å². The van der Waals surface area contributed by atoms with Crippen LogP contribution in [0.4, 0.5) is 10.5 Å². The Morgan fingerprint density at radius 2 is 1.60 bits per heavy atom. The fraction of sp³-hybridized carbons (Fsp3) is 0.286. The Bertz CT molecular complexity index is 1390. The summed E-state index contributed by atoms with van der Waals surface area (Å²) >= 11 is 12.7. The first-order valence-electron chi connectivity index (χ1n) is 11.4. The lowest BCUT2D eigenvalue weighted by Gasteiger charge is -2.26. The highest BCUT2D eigenvalue weighted by atomic mass is 35.5. The van der Waals surface area contributed by atoms with Crippen LogP contribution < -0.4 is 10.1 Å². The lowest BCUT2D eigenvalue weighted by molar-refractivity contribution is 0.215. The van der Waals surface area contributed by atoms with Crippen molar-refractivity contribution in [3.63, 3.8) is 0 Å². The second kappa shape index (κ2) is 9.21. The number of anilines is 1. The second-order valence-electron chi connectivity index (χ2n) is 10.6. The topological polar surface area (TPSA) is 67.0 Å². The molecule has 0 radical (unpaired) electrons. The van der Waals surface area contributed by atoms with Crippen molar-refractivity contribution in [2.24, 2.45) is 0 Å². The van der Waals surface area contributed by atoms with Crippen LogP contribution in [0.5, 0.6) is 5.75 Å². The van der Waals surface area contributed by atoms with Gasteiger partial charge in [0, 0.05) is 11.8 Å². The van der Waals surface area contributed by atoms with Gasteiger partial charge in [-0.05, 0) is 52.3 Å². The van der Waals surface area contributed by atoms with E-state index in [9.17, 15) is 4.79 Å². The summed E-state index contributed by atoms with van der Waals surface area (Å²) in [4.78, 5) is 20.7. The van der Waals surface area contributed by atoms with Crippen molar-refractivity contribution in [1.29, 1.82) is 0 Å². The Morgan fingerprint density at radius 1 is 0.914 bits per heavy atom. The van der Waals surface area contributed by atoms with Gasteiger partial charge in [-0.2, -0.15) is 0 Å². The number of carbonyl (C=O) groups excluding carboxylic acids is 1. The quantitative estimate of drug-likeness (QED) is 0.290. The molecule has 0 aliphatic carbocycles. The molecule has 4 rings (SSSR count). The molecule has 35 heavy (non-hydrogen) atoms.